The number of rotatable bonds is 5. The van der Waals surface area contributed by atoms with Gasteiger partial charge in [0.25, 0.3) is 0 Å². The van der Waals surface area contributed by atoms with Crippen LogP contribution < -0.4 is 5.32 Å². The summed E-state index contributed by atoms with van der Waals surface area (Å²) in [5, 5.41) is 3.42. The predicted molar refractivity (Wildman–Crippen MR) is 77.9 cm³/mol. The van der Waals surface area contributed by atoms with Crippen LogP contribution in [0.1, 0.15) is 32.6 Å². The molecule has 106 valence electrons. The van der Waals surface area contributed by atoms with Crippen LogP contribution in [-0.4, -0.2) is 26.8 Å². The van der Waals surface area contributed by atoms with Crippen LogP contribution in [0.5, 0.6) is 0 Å². The van der Waals surface area contributed by atoms with Crippen molar-refractivity contribution in [1.29, 1.82) is 0 Å². The van der Waals surface area contributed by atoms with Gasteiger partial charge in [0.05, 0.1) is 10.6 Å². The smallest absolute Gasteiger partial charge is 0.179 e. The second-order valence-corrected chi connectivity index (χ2v) is 7.56. The molecular weight excluding hydrogens is 258 g/mol. The van der Waals surface area contributed by atoms with Crippen LogP contribution in [0.4, 0.5) is 0 Å². The zero-order chi connectivity index (χ0) is 13.7. The van der Waals surface area contributed by atoms with E-state index in [0.29, 0.717) is 23.4 Å². The molecule has 0 heterocycles. The third-order valence-corrected chi connectivity index (χ3v) is 5.72. The largest absolute Gasteiger partial charge is 0.313 e. The fourth-order valence-corrected chi connectivity index (χ4v) is 3.94. The van der Waals surface area contributed by atoms with Crippen molar-refractivity contribution in [3.8, 4) is 0 Å². The lowest BCUT2D eigenvalue weighted by Crippen LogP contribution is -2.39. The van der Waals surface area contributed by atoms with E-state index in [4.69, 9.17) is 0 Å². The highest BCUT2D eigenvalue weighted by molar-refractivity contribution is 7.91. The maximum atomic E-state index is 12.1. The predicted octanol–water partition coefficient (Wildman–Crippen LogP) is 2.63. The highest BCUT2D eigenvalue weighted by Gasteiger charge is 2.21. The SMILES string of the molecule is CC1CCCCC1NCCS(=O)(=O)c1ccccc1. The molecule has 1 aliphatic rings. The molecule has 0 aromatic heterocycles. The summed E-state index contributed by atoms with van der Waals surface area (Å²) in [5.41, 5.74) is 0. The molecule has 1 saturated carbocycles. The summed E-state index contributed by atoms with van der Waals surface area (Å²) < 4.78 is 24.2. The molecule has 0 spiro atoms. The highest BCUT2D eigenvalue weighted by Crippen LogP contribution is 2.23. The molecule has 0 radical (unpaired) electrons. The number of hydrogen-bond donors (Lipinski definition) is 1. The highest BCUT2D eigenvalue weighted by atomic mass is 32.2. The minimum absolute atomic E-state index is 0.181. The van der Waals surface area contributed by atoms with Crippen LogP contribution >= 0.6 is 0 Å². The third-order valence-electron chi connectivity index (χ3n) is 3.99. The van der Waals surface area contributed by atoms with Crippen molar-refractivity contribution >= 4 is 9.84 Å². The van der Waals surface area contributed by atoms with Gasteiger partial charge in [-0.25, -0.2) is 8.42 Å². The summed E-state index contributed by atoms with van der Waals surface area (Å²) >= 11 is 0. The summed E-state index contributed by atoms with van der Waals surface area (Å²) in [4.78, 5) is 0.425. The van der Waals surface area contributed by atoms with E-state index in [9.17, 15) is 8.42 Å². The van der Waals surface area contributed by atoms with Crippen LogP contribution in [0.2, 0.25) is 0 Å². The van der Waals surface area contributed by atoms with Crippen LogP contribution in [0.15, 0.2) is 35.2 Å². The van der Waals surface area contributed by atoms with E-state index < -0.39 is 9.84 Å². The summed E-state index contributed by atoms with van der Waals surface area (Å²) in [6, 6.07) is 9.19. The molecular formula is C15H23NO2S. The van der Waals surface area contributed by atoms with Crippen LogP contribution in [-0.2, 0) is 9.84 Å². The molecule has 2 unspecified atom stereocenters. The molecule has 1 aromatic carbocycles. The fourth-order valence-electron chi connectivity index (χ4n) is 2.74. The Kier molecular flexibility index (Phi) is 4.99. The molecule has 0 saturated heterocycles. The Morgan fingerprint density at radius 3 is 2.53 bits per heavy atom. The van der Waals surface area contributed by atoms with Gasteiger partial charge in [0.1, 0.15) is 0 Å². The lowest BCUT2D eigenvalue weighted by Gasteiger charge is -2.29. The molecule has 3 nitrogen and oxygen atoms in total. The number of hydrogen-bond acceptors (Lipinski definition) is 3. The molecule has 4 heteroatoms. The van der Waals surface area contributed by atoms with E-state index in [0.717, 1.165) is 0 Å². The molecule has 0 bridgehead atoms. The van der Waals surface area contributed by atoms with E-state index in [1.165, 1.54) is 25.7 Å². The molecule has 2 rings (SSSR count). The van der Waals surface area contributed by atoms with E-state index in [2.05, 4.69) is 12.2 Å². The number of sulfone groups is 1. The van der Waals surface area contributed by atoms with Crippen molar-refractivity contribution in [3.63, 3.8) is 0 Å². The summed E-state index contributed by atoms with van der Waals surface area (Å²) in [6.45, 7) is 2.80. The first kappa shape index (κ1) is 14.5. The van der Waals surface area contributed by atoms with Gasteiger partial charge in [-0.05, 0) is 30.9 Å². The van der Waals surface area contributed by atoms with E-state index in [-0.39, 0.29) is 5.75 Å². The lowest BCUT2D eigenvalue weighted by atomic mass is 9.86. The Hall–Kier alpha value is -0.870. The maximum absolute atomic E-state index is 12.1. The van der Waals surface area contributed by atoms with E-state index >= 15 is 0 Å². The Bertz CT molecular complexity index is 484. The molecule has 1 N–H and O–H groups in total. The zero-order valence-corrected chi connectivity index (χ0v) is 12.3. The van der Waals surface area contributed by atoms with Crippen LogP contribution in [0.3, 0.4) is 0 Å². The van der Waals surface area contributed by atoms with Gasteiger partial charge in [0.15, 0.2) is 9.84 Å². The molecule has 19 heavy (non-hydrogen) atoms. The molecule has 1 fully saturated rings. The maximum Gasteiger partial charge on any atom is 0.179 e. The van der Waals surface area contributed by atoms with Gasteiger partial charge in [-0.3, -0.25) is 0 Å². The number of nitrogens with one attached hydrogen (secondary N) is 1. The van der Waals surface area contributed by atoms with Gasteiger partial charge >= 0.3 is 0 Å². The molecule has 0 aliphatic heterocycles. The molecule has 1 aromatic rings. The van der Waals surface area contributed by atoms with Gasteiger partial charge in [-0.15, -0.1) is 0 Å². The van der Waals surface area contributed by atoms with Gasteiger partial charge in [-0.2, -0.15) is 0 Å². The first-order chi connectivity index (χ1) is 9.09. The average molecular weight is 281 g/mol. The van der Waals surface area contributed by atoms with Gasteiger partial charge in [0, 0.05) is 12.6 Å². The van der Waals surface area contributed by atoms with Crippen molar-refractivity contribution in [2.45, 2.75) is 43.5 Å². The quantitative estimate of drug-likeness (QED) is 0.902. The van der Waals surface area contributed by atoms with Crippen molar-refractivity contribution in [3.05, 3.63) is 30.3 Å². The lowest BCUT2D eigenvalue weighted by molar-refractivity contribution is 0.285. The van der Waals surface area contributed by atoms with E-state index in [1.807, 2.05) is 6.07 Å². The van der Waals surface area contributed by atoms with Crippen molar-refractivity contribution in [2.75, 3.05) is 12.3 Å². The Morgan fingerprint density at radius 1 is 1.16 bits per heavy atom. The second kappa shape index (κ2) is 6.53. The third kappa shape index (κ3) is 4.05. The van der Waals surface area contributed by atoms with E-state index in [1.54, 1.807) is 24.3 Å². The van der Waals surface area contributed by atoms with Gasteiger partial charge in [-0.1, -0.05) is 38.0 Å². The van der Waals surface area contributed by atoms with Crippen LogP contribution in [0, 0.1) is 5.92 Å². The second-order valence-electron chi connectivity index (χ2n) is 5.45. The average Bonchev–Trinajstić information content (AvgIpc) is 2.42. The topological polar surface area (TPSA) is 46.2 Å². The summed E-state index contributed by atoms with van der Waals surface area (Å²) in [5.74, 6) is 0.841. The molecule has 1 aliphatic carbocycles. The fraction of sp³-hybridized carbons (Fsp3) is 0.600. The van der Waals surface area contributed by atoms with Crippen molar-refractivity contribution < 1.29 is 8.42 Å². The Morgan fingerprint density at radius 2 is 1.84 bits per heavy atom. The first-order valence-corrected chi connectivity index (χ1v) is 8.76. The van der Waals surface area contributed by atoms with Crippen LogP contribution in [0.25, 0.3) is 0 Å². The zero-order valence-electron chi connectivity index (χ0n) is 11.5. The van der Waals surface area contributed by atoms with Gasteiger partial charge < -0.3 is 5.32 Å². The minimum atomic E-state index is -3.14. The van der Waals surface area contributed by atoms with Crippen molar-refractivity contribution in [1.82, 2.24) is 5.32 Å². The molecule has 0 amide bonds. The monoisotopic (exact) mass is 281 g/mol. The van der Waals surface area contributed by atoms with Crippen molar-refractivity contribution in [2.24, 2.45) is 5.92 Å². The first-order valence-electron chi connectivity index (χ1n) is 7.11. The Balaban J connectivity index is 1.85. The normalized spacial score (nSPS) is 24.3. The Labute approximate surface area is 116 Å². The number of benzene rings is 1. The summed E-state index contributed by atoms with van der Waals surface area (Å²) in [7, 11) is -3.14. The summed E-state index contributed by atoms with van der Waals surface area (Å²) in [6.07, 6.45) is 4.99. The minimum Gasteiger partial charge on any atom is -0.313 e. The standard InChI is InChI=1S/C15H23NO2S/c1-13-7-5-6-10-15(13)16-11-12-19(17,18)14-8-3-2-4-9-14/h2-4,8-9,13,15-16H,5-7,10-12H2,1H3. The van der Waals surface area contributed by atoms with Gasteiger partial charge in [0.2, 0.25) is 0 Å². The molecule has 2 atom stereocenters.